The summed E-state index contributed by atoms with van der Waals surface area (Å²) in [5.41, 5.74) is 5.65. The van der Waals surface area contributed by atoms with Gasteiger partial charge in [-0.25, -0.2) is 4.79 Å². The van der Waals surface area contributed by atoms with Crippen LogP contribution in [0.25, 0.3) is 10.8 Å². The molecule has 1 saturated heterocycles. The van der Waals surface area contributed by atoms with Crippen molar-refractivity contribution >= 4 is 54.1 Å². The van der Waals surface area contributed by atoms with Crippen molar-refractivity contribution in [2.45, 2.75) is 45.2 Å². The zero-order valence-electron chi connectivity index (χ0n) is 26.1. The summed E-state index contributed by atoms with van der Waals surface area (Å²) in [6.07, 6.45) is 3.28. The van der Waals surface area contributed by atoms with Gasteiger partial charge in [-0.3, -0.25) is 14.9 Å². The Kier molecular flexibility index (Phi) is 9.68. The Labute approximate surface area is 263 Å². The third-order valence-electron chi connectivity index (χ3n) is 8.06. The molecule has 2 atom stereocenters. The lowest BCUT2D eigenvalue weighted by atomic mass is 9.93. The number of carbonyl (C=O) groups excluding carboxylic acids is 3. The van der Waals surface area contributed by atoms with E-state index in [-0.39, 0.29) is 24.0 Å². The number of anilines is 3. The molecule has 2 heterocycles. The zero-order valence-corrected chi connectivity index (χ0v) is 26.1. The molecule has 0 bridgehead atoms. The highest BCUT2D eigenvalue weighted by Gasteiger charge is 2.24. The minimum atomic E-state index is -0.609. The first kappa shape index (κ1) is 31.5. The number of benzene rings is 3. The van der Waals surface area contributed by atoms with Crippen LogP contribution in [0.3, 0.4) is 0 Å². The lowest BCUT2D eigenvalue weighted by Crippen LogP contribution is -2.26. The van der Waals surface area contributed by atoms with Crippen molar-refractivity contribution in [1.29, 1.82) is 0 Å². The Hall–Kier alpha value is -4.90. The molecule has 3 aromatic carbocycles. The number of hydrogen-bond acceptors (Lipinski definition) is 7. The summed E-state index contributed by atoms with van der Waals surface area (Å²) in [7, 11) is 3.92. The van der Waals surface area contributed by atoms with Gasteiger partial charge in [0.2, 0.25) is 5.91 Å². The molecule has 10 nitrogen and oxygen atoms in total. The van der Waals surface area contributed by atoms with Gasteiger partial charge in [0.1, 0.15) is 12.3 Å². The van der Waals surface area contributed by atoms with Crippen LogP contribution in [0.1, 0.15) is 54.0 Å². The molecule has 1 aromatic heterocycles. The van der Waals surface area contributed by atoms with Crippen LogP contribution in [-0.2, 0) is 20.9 Å². The summed E-state index contributed by atoms with van der Waals surface area (Å²) in [6.45, 7) is 5.43. The van der Waals surface area contributed by atoms with E-state index in [9.17, 15) is 19.2 Å². The number of nitrogens with zero attached hydrogens (tertiary/aromatic N) is 2. The van der Waals surface area contributed by atoms with Crippen molar-refractivity contribution in [2.24, 2.45) is 0 Å². The Bertz CT molecular complexity index is 1790. The van der Waals surface area contributed by atoms with E-state index in [1.807, 2.05) is 87.1 Å². The van der Waals surface area contributed by atoms with Crippen LogP contribution in [0.4, 0.5) is 21.9 Å². The maximum atomic E-state index is 12.7. The van der Waals surface area contributed by atoms with Gasteiger partial charge in [-0.1, -0.05) is 31.2 Å². The SMILES string of the molecule is BN(C)Cc1cc(NC(=O)OC[C@H](C)c2ccc(C(C=O)Nc3ccc4cc[nH]c(=O)c4c3)cc2C)ccc1N1CCCC1=O. The molecular weight excluding hydrogens is 569 g/mol. The van der Waals surface area contributed by atoms with Gasteiger partial charge in [0, 0.05) is 54.1 Å². The van der Waals surface area contributed by atoms with Crippen LogP contribution in [0, 0.1) is 6.92 Å². The number of nitrogens with one attached hydrogen (secondary N) is 3. The molecule has 3 N–H and O–H groups in total. The molecule has 1 unspecified atom stereocenters. The Morgan fingerprint density at radius 3 is 2.62 bits per heavy atom. The summed E-state index contributed by atoms with van der Waals surface area (Å²) in [4.78, 5) is 55.9. The molecule has 45 heavy (non-hydrogen) atoms. The number of pyridine rings is 1. The summed E-state index contributed by atoms with van der Waals surface area (Å²) >= 11 is 0. The molecule has 1 aliphatic heterocycles. The average molecular weight is 608 g/mol. The minimum Gasteiger partial charge on any atom is -0.449 e. The standard InChI is InChI=1S/C34H38BN5O5/c1-21-15-24(30(19-41)37-27-8-6-23-12-13-36-33(43)29(23)17-27)7-10-28(21)22(2)20-45-34(44)38-26-9-11-31(25(16-26)18-39(3)35)40-14-4-5-32(40)42/h6-13,15-17,19,22,30,37H,4-5,14,18,20,35H2,1-3H3,(H,36,43)(H,38,44)/t22-,30?/m0/s1. The number of aromatic amines is 1. The van der Waals surface area contributed by atoms with Gasteiger partial charge in [-0.2, -0.15) is 0 Å². The number of hydrogen-bond donors (Lipinski definition) is 3. The van der Waals surface area contributed by atoms with E-state index in [1.54, 1.807) is 18.3 Å². The van der Waals surface area contributed by atoms with E-state index in [0.717, 1.165) is 46.0 Å². The maximum absolute atomic E-state index is 12.7. The Morgan fingerprint density at radius 2 is 1.91 bits per heavy atom. The third kappa shape index (κ3) is 7.43. The largest absolute Gasteiger partial charge is 0.449 e. The Morgan fingerprint density at radius 1 is 1.11 bits per heavy atom. The van der Waals surface area contributed by atoms with Crippen molar-refractivity contribution in [2.75, 3.05) is 35.7 Å². The van der Waals surface area contributed by atoms with Gasteiger partial charge in [0.05, 0.1) is 6.61 Å². The van der Waals surface area contributed by atoms with E-state index in [0.29, 0.717) is 36.3 Å². The number of H-pyrrole nitrogens is 1. The van der Waals surface area contributed by atoms with Crippen molar-refractivity contribution < 1.29 is 19.1 Å². The summed E-state index contributed by atoms with van der Waals surface area (Å²) in [5, 5.41) is 7.40. The fourth-order valence-corrected chi connectivity index (χ4v) is 5.83. The number of rotatable bonds is 11. The highest BCUT2D eigenvalue weighted by molar-refractivity contribution is 6.04. The monoisotopic (exact) mass is 607 g/mol. The molecule has 1 aliphatic rings. The lowest BCUT2D eigenvalue weighted by molar-refractivity contribution is -0.117. The van der Waals surface area contributed by atoms with Crippen molar-refractivity contribution in [3.63, 3.8) is 0 Å². The fourth-order valence-electron chi connectivity index (χ4n) is 5.83. The normalized spacial score (nSPS) is 14.4. The quantitative estimate of drug-likeness (QED) is 0.168. The van der Waals surface area contributed by atoms with Crippen LogP contribution < -0.4 is 21.1 Å². The first-order valence-electron chi connectivity index (χ1n) is 15.1. The number of carbonyl (C=O) groups is 3. The Balaban J connectivity index is 1.21. The molecule has 0 aliphatic carbocycles. The van der Waals surface area contributed by atoms with Crippen LogP contribution >= 0.6 is 0 Å². The second-order valence-electron chi connectivity index (χ2n) is 11.8. The van der Waals surface area contributed by atoms with Gasteiger partial charge < -0.3 is 29.5 Å². The van der Waals surface area contributed by atoms with Crippen molar-refractivity contribution in [3.8, 4) is 0 Å². The summed E-state index contributed by atoms with van der Waals surface area (Å²) < 4.78 is 5.59. The number of fused-ring (bicyclic) bond motifs is 1. The predicted molar refractivity (Wildman–Crippen MR) is 180 cm³/mol. The number of amides is 2. The van der Waals surface area contributed by atoms with Crippen LogP contribution in [-0.4, -0.2) is 56.3 Å². The highest BCUT2D eigenvalue weighted by atomic mass is 16.5. The predicted octanol–water partition coefficient (Wildman–Crippen LogP) is 4.65. The van der Waals surface area contributed by atoms with Gasteiger partial charge in [0.15, 0.2) is 7.98 Å². The molecule has 11 heteroatoms. The molecule has 232 valence electrons. The number of ether oxygens (including phenoxy) is 1. The second-order valence-corrected chi connectivity index (χ2v) is 11.8. The highest BCUT2D eigenvalue weighted by Crippen LogP contribution is 2.30. The van der Waals surface area contributed by atoms with Gasteiger partial charge in [0.25, 0.3) is 5.56 Å². The first-order chi connectivity index (χ1) is 21.6. The lowest BCUT2D eigenvalue weighted by Gasteiger charge is -2.23. The molecule has 2 amide bonds. The van der Waals surface area contributed by atoms with Crippen molar-refractivity contribution in [3.05, 3.63) is 99.5 Å². The van der Waals surface area contributed by atoms with Crippen LogP contribution in [0.15, 0.2) is 71.7 Å². The molecule has 1 fully saturated rings. The van der Waals surface area contributed by atoms with E-state index in [4.69, 9.17) is 4.74 Å². The van der Waals surface area contributed by atoms with E-state index < -0.39 is 12.1 Å². The molecule has 0 spiro atoms. The number of aldehydes is 1. The smallest absolute Gasteiger partial charge is 0.411 e. The third-order valence-corrected chi connectivity index (χ3v) is 8.06. The molecule has 0 saturated carbocycles. The van der Waals surface area contributed by atoms with E-state index in [1.165, 1.54) is 0 Å². The van der Waals surface area contributed by atoms with Crippen LogP contribution in [0.2, 0.25) is 0 Å². The van der Waals surface area contributed by atoms with Gasteiger partial charge in [-0.15, -0.1) is 0 Å². The second kappa shape index (κ2) is 13.8. The van der Waals surface area contributed by atoms with Crippen molar-refractivity contribution in [1.82, 2.24) is 9.79 Å². The summed E-state index contributed by atoms with van der Waals surface area (Å²) in [5.74, 6) is 0.0283. The molecule has 4 aromatic rings. The minimum absolute atomic E-state index is 0.0903. The van der Waals surface area contributed by atoms with E-state index in [2.05, 4.69) is 15.6 Å². The van der Waals surface area contributed by atoms with Crippen LogP contribution in [0.5, 0.6) is 0 Å². The average Bonchev–Trinajstić information content (AvgIpc) is 3.44. The maximum Gasteiger partial charge on any atom is 0.411 e. The molecule has 5 rings (SSSR count). The summed E-state index contributed by atoms with van der Waals surface area (Å²) in [6, 6.07) is 18.0. The van der Waals surface area contributed by atoms with Gasteiger partial charge in [-0.05, 0) is 84.4 Å². The number of aromatic nitrogens is 1. The fraction of sp³-hybridized carbons (Fsp3) is 0.294. The zero-order chi connectivity index (χ0) is 32.1. The first-order valence-corrected chi connectivity index (χ1v) is 15.1. The topological polar surface area (TPSA) is 124 Å². The van der Waals surface area contributed by atoms with Gasteiger partial charge >= 0.3 is 6.09 Å². The molecule has 0 radical (unpaired) electrons. The van der Waals surface area contributed by atoms with E-state index >= 15 is 0 Å². The molecular formula is C34H38BN5O5. The number of aryl methyl sites for hydroxylation is 1.